The van der Waals surface area contributed by atoms with Crippen LogP contribution in [0.1, 0.15) is 17.0 Å². The third-order valence-corrected chi connectivity index (χ3v) is 2.64. The van der Waals surface area contributed by atoms with Gasteiger partial charge in [-0.2, -0.15) is 0 Å². The molecule has 1 aromatic heterocycles. The summed E-state index contributed by atoms with van der Waals surface area (Å²) in [4.78, 5) is 0. The second-order valence-corrected chi connectivity index (χ2v) is 4.06. The highest BCUT2D eigenvalue weighted by Gasteiger charge is 2.05. The number of hydrogen-bond donors (Lipinski definition) is 1. The van der Waals surface area contributed by atoms with E-state index in [1.807, 2.05) is 6.92 Å². The van der Waals surface area contributed by atoms with Crippen molar-refractivity contribution in [1.29, 1.82) is 0 Å². The summed E-state index contributed by atoms with van der Waals surface area (Å²) < 4.78 is 17.5. The maximum atomic E-state index is 12.9. The molecular weight excluding hydrogens is 245 g/mol. The van der Waals surface area contributed by atoms with E-state index in [1.54, 1.807) is 12.1 Å². The third kappa shape index (κ3) is 3.01. The minimum absolute atomic E-state index is 0.128. The normalized spacial score (nSPS) is 10.8. The minimum Gasteiger partial charge on any atom is -0.307 e. The number of hydrogen-bond acceptors (Lipinski definition) is 4. The van der Waals surface area contributed by atoms with Gasteiger partial charge < -0.3 is 5.32 Å². The zero-order valence-corrected chi connectivity index (χ0v) is 9.96. The van der Waals surface area contributed by atoms with Crippen molar-refractivity contribution in [2.45, 2.75) is 20.0 Å². The Bertz CT molecular complexity index is 515. The van der Waals surface area contributed by atoms with Crippen molar-refractivity contribution in [2.75, 3.05) is 0 Å². The third-order valence-electron chi connectivity index (χ3n) is 2.35. The Morgan fingerprint density at radius 1 is 1.35 bits per heavy atom. The van der Waals surface area contributed by atoms with E-state index < -0.39 is 5.82 Å². The number of benzene rings is 1. The highest BCUT2D eigenvalue weighted by molar-refractivity contribution is 6.30. The first kappa shape index (κ1) is 12.0. The lowest BCUT2D eigenvalue weighted by Crippen LogP contribution is -2.13. The molecule has 0 aliphatic rings. The standard InChI is InChI=1S/C11H11ClFN3O/c1-7-11(16-17-15-7)6-14-5-8-2-3-10(13)9(12)4-8/h2-4,14H,5-6H2,1H3. The van der Waals surface area contributed by atoms with E-state index in [4.69, 9.17) is 11.6 Å². The van der Waals surface area contributed by atoms with Gasteiger partial charge in [-0.15, -0.1) is 0 Å². The summed E-state index contributed by atoms with van der Waals surface area (Å²) in [6.45, 7) is 2.94. The molecule has 6 heteroatoms. The molecule has 0 aliphatic heterocycles. The molecule has 90 valence electrons. The Labute approximate surface area is 103 Å². The van der Waals surface area contributed by atoms with E-state index in [1.165, 1.54) is 6.07 Å². The summed E-state index contributed by atoms with van der Waals surface area (Å²) >= 11 is 5.68. The Morgan fingerprint density at radius 2 is 2.18 bits per heavy atom. The summed E-state index contributed by atoms with van der Waals surface area (Å²) in [7, 11) is 0. The van der Waals surface area contributed by atoms with Gasteiger partial charge in [0.2, 0.25) is 0 Å². The molecule has 1 aromatic carbocycles. The van der Waals surface area contributed by atoms with E-state index in [0.717, 1.165) is 17.0 Å². The van der Waals surface area contributed by atoms with E-state index in [9.17, 15) is 4.39 Å². The molecule has 1 heterocycles. The van der Waals surface area contributed by atoms with Gasteiger partial charge in [0.05, 0.1) is 5.02 Å². The molecule has 0 saturated carbocycles. The first-order chi connectivity index (χ1) is 8.16. The fraction of sp³-hybridized carbons (Fsp3) is 0.273. The lowest BCUT2D eigenvalue weighted by Gasteiger charge is -2.04. The number of nitrogens with one attached hydrogen (secondary N) is 1. The van der Waals surface area contributed by atoms with Crippen molar-refractivity contribution in [2.24, 2.45) is 0 Å². The molecule has 0 atom stereocenters. The zero-order valence-electron chi connectivity index (χ0n) is 9.20. The van der Waals surface area contributed by atoms with Crippen LogP contribution in [0.5, 0.6) is 0 Å². The van der Waals surface area contributed by atoms with Crippen LogP contribution < -0.4 is 5.32 Å². The molecule has 0 bridgehead atoms. The van der Waals surface area contributed by atoms with Gasteiger partial charge in [-0.1, -0.05) is 28.0 Å². The van der Waals surface area contributed by atoms with E-state index in [0.29, 0.717) is 13.1 Å². The molecule has 1 N–H and O–H groups in total. The number of aromatic nitrogens is 2. The minimum atomic E-state index is -0.410. The summed E-state index contributed by atoms with van der Waals surface area (Å²) in [5.41, 5.74) is 2.43. The van der Waals surface area contributed by atoms with Gasteiger partial charge >= 0.3 is 0 Å². The molecule has 0 unspecified atom stereocenters. The average Bonchev–Trinajstić information content (AvgIpc) is 2.70. The van der Waals surface area contributed by atoms with Crippen LogP contribution in [-0.2, 0) is 13.1 Å². The van der Waals surface area contributed by atoms with Crippen LogP contribution in [0.4, 0.5) is 4.39 Å². The lowest BCUT2D eigenvalue weighted by atomic mass is 10.2. The van der Waals surface area contributed by atoms with Crippen LogP contribution in [0.25, 0.3) is 0 Å². The van der Waals surface area contributed by atoms with Crippen LogP contribution in [0.2, 0.25) is 5.02 Å². The van der Waals surface area contributed by atoms with E-state index >= 15 is 0 Å². The van der Waals surface area contributed by atoms with Gasteiger partial charge in [0.15, 0.2) is 0 Å². The van der Waals surface area contributed by atoms with Crippen molar-refractivity contribution >= 4 is 11.6 Å². The molecule has 2 aromatic rings. The zero-order chi connectivity index (χ0) is 12.3. The monoisotopic (exact) mass is 255 g/mol. The summed E-state index contributed by atoms with van der Waals surface area (Å²) in [5, 5.41) is 10.7. The number of nitrogens with zero attached hydrogens (tertiary/aromatic N) is 2. The quantitative estimate of drug-likeness (QED) is 0.912. The van der Waals surface area contributed by atoms with Gasteiger partial charge in [-0.05, 0) is 24.6 Å². The summed E-state index contributed by atoms with van der Waals surface area (Å²) in [6, 6.07) is 4.63. The fourth-order valence-electron chi connectivity index (χ4n) is 1.38. The Hall–Kier alpha value is -1.46. The SMILES string of the molecule is Cc1nonc1CNCc1ccc(F)c(Cl)c1. The van der Waals surface area contributed by atoms with Crippen LogP contribution in [-0.4, -0.2) is 10.3 Å². The van der Waals surface area contributed by atoms with Crippen LogP contribution in [0.15, 0.2) is 22.8 Å². The summed E-state index contributed by atoms with van der Waals surface area (Å²) in [5.74, 6) is -0.410. The molecule has 0 fully saturated rings. The number of aryl methyl sites for hydroxylation is 1. The number of halogens is 2. The molecule has 4 nitrogen and oxygen atoms in total. The molecule has 0 spiro atoms. The maximum Gasteiger partial charge on any atom is 0.141 e. The van der Waals surface area contributed by atoms with Gasteiger partial charge in [0, 0.05) is 13.1 Å². The topological polar surface area (TPSA) is 51.0 Å². The molecule has 17 heavy (non-hydrogen) atoms. The molecule has 0 aliphatic carbocycles. The Kier molecular flexibility index (Phi) is 3.71. The van der Waals surface area contributed by atoms with Crippen LogP contribution >= 0.6 is 11.6 Å². The van der Waals surface area contributed by atoms with Crippen LogP contribution in [0, 0.1) is 12.7 Å². The van der Waals surface area contributed by atoms with Crippen molar-refractivity contribution < 1.29 is 9.02 Å². The highest BCUT2D eigenvalue weighted by Crippen LogP contribution is 2.15. The van der Waals surface area contributed by atoms with E-state index in [-0.39, 0.29) is 5.02 Å². The smallest absolute Gasteiger partial charge is 0.141 e. The number of rotatable bonds is 4. The van der Waals surface area contributed by atoms with Crippen molar-refractivity contribution in [3.05, 3.63) is 46.0 Å². The predicted molar refractivity (Wildman–Crippen MR) is 61.0 cm³/mol. The van der Waals surface area contributed by atoms with Gasteiger partial charge in [-0.3, -0.25) is 0 Å². The molecular formula is C11H11ClFN3O. The van der Waals surface area contributed by atoms with Crippen molar-refractivity contribution in [3.63, 3.8) is 0 Å². The van der Waals surface area contributed by atoms with Gasteiger partial charge in [0.1, 0.15) is 17.2 Å². The first-order valence-electron chi connectivity index (χ1n) is 5.09. The van der Waals surface area contributed by atoms with Crippen molar-refractivity contribution in [3.8, 4) is 0 Å². The summed E-state index contributed by atoms with van der Waals surface area (Å²) in [6.07, 6.45) is 0. The van der Waals surface area contributed by atoms with Gasteiger partial charge in [0.25, 0.3) is 0 Å². The molecule has 0 radical (unpaired) electrons. The van der Waals surface area contributed by atoms with Crippen LogP contribution in [0.3, 0.4) is 0 Å². The second-order valence-electron chi connectivity index (χ2n) is 3.65. The average molecular weight is 256 g/mol. The highest BCUT2D eigenvalue weighted by atomic mass is 35.5. The lowest BCUT2D eigenvalue weighted by molar-refractivity contribution is 0.300. The Balaban J connectivity index is 1.90. The van der Waals surface area contributed by atoms with E-state index in [2.05, 4.69) is 20.3 Å². The maximum absolute atomic E-state index is 12.9. The van der Waals surface area contributed by atoms with Crippen molar-refractivity contribution in [1.82, 2.24) is 15.6 Å². The Morgan fingerprint density at radius 3 is 2.82 bits per heavy atom. The predicted octanol–water partition coefficient (Wildman–Crippen LogP) is 2.46. The fourth-order valence-corrected chi connectivity index (χ4v) is 1.59. The first-order valence-corrected chi connectivity index (χ1v) is 5.47. The molecule has 2 rings (SSSR count). The second kappa shape index (κ2) is 5.25. The molecule has 0 amide bonds. The van der Waals surface area contributed by atoms with Gasteiger partial charge in [-0.25, -0.2) is 9.02 Å². The molecule has 0 saturated heterocycles. The largest absolute Gasteiger partial charge is 0.307 e.